The second-order valence-corrected chi connectivity index (χ2v) is 4.77. The SMILES string of the molecule is CNC(=O)c1ccc(NC2CCN(C)C2)c(N)c1. The predicted octanol–water partition coefficient (Wildman–Crippen LogP) is 0.744. The number of hydrogen-bond acceptors (Lipinski definition) is 4. The monoisotopic (exact) mass is 248 g/mol. The van der Waals surface area contributed by atoms with Gasteiger partial charge >= 0.3 is 0 Å². The minimum atomic E-state index is -0.117. The Morgan fingerprint density at radius 2 is 2.28 bits per heavy atom. The maximum atomic E-state index is 11.5. The Kier molecular flexibility index (Phi) is 3.72. The summed E-state index contributed by atoms with van der Waals surface area (Å²) in [4.78, 5) is 13.8. The van der Waals surface area contributed by atoms with Crippen LogP contribution in [0.5, 0.6) is 0 Å². The van der Waals surface area contributed by atoms with E-state index >= 15 is 0 Å². The lowest BCUT2D eigenvalue weighted by molar-refractivity contribution is 0.0963. The molecule has 18 heavy (non-hydrogen) atoms. The fourth-order valence-electron chi connectivity index (χ4n) is 2.25. The number of likely N-dealkylation sites (N-methyl/N-ethyl adjacent to an activating group) is 1. The van der Waals surface area contributed by atoms with E-state index in [9.17, 15) is 4.79 Å². The number of nitrogens with one attached hydrogen (secondary N) is 2. The van der Waals surface area contributed by atoms with Gasteiger partial charge in [-0.2, -0.15) is 0 Å². The van der Waals surface area contributed by atoms with Gasteiger partial charge in [-0.15, -0.1) is 0 Å². The Hall–Kier alpha value is -1.75. The van der Waals surface area contributed by atoms with Crippen LogP contribution in [-0.4, -0.2) is 44.0 Å². The number of nitrogen functional groups attached to an aromatic ring is 1. The number of carbonyl (C=O) groups excluding carboxylic acids is 1. The Morgan fingerprint density at radius 1 is 1.50 bits per heavy atom. The summed E-state index contributed by atoms with van der Waals surface area (Å²) in [6, 6.07) is 5.80. The molecule has 5 nitrogen and oxygen atoms in total. The number of carbonyl (C=O) groups is 1. The van der Waals surface area contributed by atoms with Crippen LogP contribution in [0.3, 0.4) is 0 Å². The van der Waals surface area contributed by atoms with E-state index in [1.165, 1.54) is 0 Å². The second-order valence-electron chi connectivity index (χ2n) is 4.77. The molecule has 1 aromatic carbocycles. The van der Waals surface area contributed by atoms with Crippen molar-refractivity contribution >= 4 is 17.3 Å². The van der Waals surface area contributed by atoms with Crippen LogP contribution in [0.15, 0.2) is 18.2 Å². The van der Waals surface area contributed by atoms with Gasteiger partial charge in [-0.1, -0.05) is 0 Å². The molecule has 1 aliphatic heterocycles. The standard InChI is InChI=1S/C13H20N4O/c1-15-13(18)9-3-4-12(11(14)7-9)16-10-5-6-17(2)8-10/h3-4,7,10,16H,5-6,8,14H2,1-2H3,(H,15,18). The summed E-state index contributed by atoms with van der Waals surface area (Å²) < 4.78 is 0. The summed E-state index contributed by atoms with van der Waals surface area (Å²) in [6.07, 6.45) is 1.12. The van der Waals surface area contributed by atoms with E-state index in [2.05, 4.69) is 22.6 Å². The fourth-order valence-corrected chi connectivity index (χ4v) is 2.25. The Bertz CT molecular complexity index is 447. The molecule has 1 amide bonds. The molecule has 1 aromatic rings. The van der Waals surface area contributed by atoms with Gasteiger partial charge in [0.25, 0.3) is 5.91 Å². The molecule has 1 atom stereocenters. The fraction of sp³-hybridized carbons (Fsp3) is 0.462. The van der Waals surface area contributed by atoms with Crippen LogP contribution in [0, 0.1) is 0 Å². The average Bonchev–Trinajstić information content (AvgIpc) is 2.76. The number of nitrogens with two attached hydrogens (primary N) is 1. The zero-order chi connectivity index (χ0) is 13.1. The largest absolute Gasteiger partial charge is 0.397 e. The number of amides is 1. The van der Waals surface area contributed by atoms with Crippen LogP contribution >= 0.6 is 0 Å². The molecular weight excluding hydrogens is 228 g/mol. The van der Waals surface area contributed by atoms with Crippen LogP contribution in [0.2, 0.25) is 0 Å². The Labute approximate surface area is 107 Å². The van der Waals surface area contributed by atoms with E-state index in [1.807, 2.05) is 6.07 Å². The van der Waals surface area contributed by atoms with Crippen molar-refractivity contribution in [2.24, 2.45) is 0 Å². The van der Waals surface area contributed by atoms with Gasteiger partial charge in [-0.25, -0.2) is 0 Å². The normalized spacial score (nSPS) is 19.8. The molecule has 0 aliphatic carbocycles. The molecule has 0 radical (unpaired) electrons. The zero-order valence-corrected chi connectivity index (χ0v) is 10.9. The van der Waals surface area contributed by atoms with E-state index in [0.29, 0.717) is 17.3 Å². The molecule has 1 fully saturated rings. The summed E-state index contributed by atoms with van der Waals surface area (Å²) in [5.41, 5.74) is 8.08. The van der Waals surface area contributed by atoms with E-state index in [-0.39, 0.29) is 5.91 Å². The van der Waals surface area contributed by atoms with E-state index in [1.54, 1.807) is 19.2 Å². The van der Waals surface area contributed by atoms with Crippen LogP contribution in [0.4, 0.5) is 11.4 Å². The first-order chi connectivity index (χ1) is 8.60. The van der Waals surface area contributed by atoms with Crippen LogP contribution in [0.1, 0.15) is 16.8 Å². The molecular formula is C13H20N4O. The first kappa shape index (κ1) is 12.7. The summed E-state index contributed by atoms with van der Waals surface area (Å²) in [5, 5.41) is 6.01. The first-order valence-corrected chi connectivity index (χ1v) is 6.17. The number of hydrogen-bond donors (Lipinski definition) is 3. The highest BCUT2D eigenvalue weighted by Gasteiger charge is 2.19. The van der Waals surface area contributed by atoms with Crippen LogP contribution in [-0.2, 0) is 0 Å². The lowest BCUT2D eigenvalue weighted by Gasteiger charge is -2.16. The van der Waals surface area contributed by atoms with Crippen molar-refractivity contribution in [3.05, 3.63) is 23.8 Å². The maximum Gasteiger partial charge on any atom is 0.251 e. The lowest BCUT2D eigenvalue weighted by Crippen LogP contribution is -2.24. The summed E-state index contributed by atoms with van der Waals surface area (Å²) >= 11 is 0. The number of nitrogens with zero attached hydrogens (tertiary/aromatic N) is 1. The Balaban J connectivity index is 2.08. The van der Waals surface area contributed by atoms with Crippen molar-refractivity contribution in [2.45, 2.75) is 12.5 Å². The molecule has 0 saturated carbocycles. The molecule has 98 valence electrons. The van der Waals surface area contributed by atoms with Crippen molar-refractivity contribution in [3.63, 3.8) is 0 Å². The van der Waals surface area contributed by atoms with E-state index in [0.717, 1.165) is 25.2 Å². The summed E-state index contributed by atoms with van der Waals surface area (Å²) in [7, 11) is 3.72. The minimum absolute atomic E-state index is 0.117. The lowest BCUT2D eigenvalue weighted by atomic mass is 10.1. The van der Waals surface area contributed by atoms with Gasteiger partial charge in [0, 0.05) is 25.2 Å². The third-order valence-corrected chi connectivity index (χ3v) is 3.29. The van der Waals surface area contributed by atoms with Gasteiger partial charge in [0.1, 0.15) is 0 Å². The molecule has 1 unspecified atom stereocenters. The number of rotatable bonds is 3. The van der Waals surface area contributed by atoms with Gasteiger partial charge in [0.2, 0.25) is 0 Å². The van der Waals surface area contributed by atoms with Gasteiger partial charge < -0.3 is 21.3 Å². The highest BCUT2D eigenvalue weighted by atomic mass is 16.1. The first-order valence-electron chi connectivity index (χ1n) is 6.17. The third kappa shape index (κ3) is 2.73. The number of benzene rings is 1. The smallest absolute Gasteiger partial charge is 0.251 e. The highest BCUT2D eigenvalue weighted by Crippen LogP contribution is 2.22. The molecule has 1 heterocycles. The second kappa shape index (κ2) is 5.27. The minimum Gasteiger partial charge on any atom is -0.397 e. The molecule has 0 bridgehead atoms. The van der Waals surface area contributed by atoms with Crippen molar-refractivity contribution < 1.29 is 4.79 Å². The van der Waals surface area contributed by atoms with Crippen LogP contribution < -0.4 is 16.4 Å². The highest BCUT2D eigenvalue weighted by molar-refractivity contribution is 5.95. The maximum absolute atomic E-state index is 11.5. The number of anilines is 2. The zero-order valence-electron chi connectivity index (χ0n) is 10.9. The van der Waals surface area contributed by atoms with Crippen molar-refractivity contribution in [1.29, 1.82) is 0 Å². The molecule has 5 heteroatoms. The molecule has 0 spiro atoms. The van der Waals surface area contributed by atoms with Crippen molar-refractivity contribution in [2.75, 3.05) is 38.2 Å². The van der Waals surface area contributed by atoms with Gasteiger partial charge in [0.05, 0.1) is 11.4 Å². The summed E-state index contributed by atoms with van der Waals surface area (Å²) in [6.45, 7) is 2.13. The Morgan fingerprint density at radius 3 is 2.83 bits per heavy atom. The quantitative estimate of drug-likeness (QED) is 0.690. The molecule has 1 saturated heterocycles. The van der Waals surface area contributed by atoms with E-state index < -0.39 is 0 Å². The summed E-state index contributed by atoms with van der Waals surface area (Å²) in [5.74, 6) is -0.117. The molecule has 1 aliphatic rings. The topological polar surface area (TPSA) is 70.4 Å². The van der Waals surface area contributed by atoms with Crippen molar-refractivity contribution in [3.8, 4) is 0 Å². The van der Waals surface area contributed by atoms with Crippen molar-refractivity contribution in [1.82, 2.24) is 10.2 Å². The molecule has 4 N–H and O–H groups in total. The third-order valence-electron chi connectivity index (χ3n) is 3.29. The average molecular weight is 248 g/mol. The predicted molar refractivity (Wildman–Crippen MR) is 73.8 cm³/mol. The molecule has 0 aromatic heterocycles. The molecule has 2 rings (SSSR count). The van der Waals surface area contributed by atoms with E-state index in [4.69, 9.17) is 5.73 Å². The number of likely N-dealkylation sites (tertiary alicyclic amines) is 1. The van der Waals surface area contributed by atoms with Gasteiger partial charge in [0.15, 0.2) is 0 Å². The van der Waals surface area contributed by atoms with Gasteiger partial charge in [-0.3, -0.25) is 4.79 Å². The van der Waals surface area contributed by atoms with Gasteiger partial charge in [-0.05, 0) is 38.2 Å². The van der Waals surface area contributed by atoms with Crippen LogP contribution in [0.25, 0.3) is 0 Å².